The zero-order chi connectivity index (χ0) is 9.84. The van der Waals surface area contributed by atoms with Crippen molar-refractivity contribution in [1.29, 1.82) is 0 Å². The lowest BCUT2D eigenvalue weighted by Crippen LogP contribution is -2.37. The Labute approximate surface area is 76.2 Å². The molecule has 5 heteroatoms. The average molecular weight is 187 g/mol. The van der Waals surface area contributed by atoms with Crippen LogP contribution < -0.4 is 0 Å². The fourth-order valence-electron chi connectivity index (χ4n) is 1.79. The lowest BCUT2D eigenvalue weighted by molar-refractivity contribution is -0.533. The second kappa shape index (κ2) is 4.20. The quantitative estimate of drug-likeness (QED) is 0.367. The van der Waals surface area contributed by atoms with Gasteiger partial charge in [0.15, 0.2) is 0 Å². The fourth-order valence-corrected chi connectivity index (χ4v) is 1.79. The minimum absolute atomic E-state index is 0.360. The van der Waals surface area contributed by atoms with Crippen molar-refractivity contribution in [1.82, 2.24) is 0 Å². The van der Waals surface area contributed by atoms with Gasteiger partial charge in [0.05, 0.1) is 7.11 Å². The van der Waals surface area contributed by atoms with Crippen LogP contribution in [0.5, 0.6) is 0 Å². The molecule has 5 nitrogen and oxygen atoms in total. The predicted molar refractivity (Wildman–Crippen MR) is 44.8 cm³/mol. The maximum atomic E-state index is 11.2. The number of rotatable bonds is 2. The third-order valence-electron chi connectivity index (χ3n) is 2.50. The summed E-state index contributed by atoms with van der Waals surface area (Å²) < 4.78 is 4.53. The maximum Gasteiger partial charge on any atom is 0.315 e. The predicted octanol–water partition coefficient (Wildman–Crippen LogP) is 0.995. The molecule has 74 valence electrons. The van der Waals surface area contributed by atoms with E-state index in [0.717, 1.165) is 12.8 Å². The Hall–Kier alpha value is -1.13. The lowest BCUT2D eigenvalue weighted by atomic mass is 9.85. The molecule has 1 saturated carbocycles. The summed E-state index contributed by atoms with van der Waals surface area (Å²) in [4.78, 5) is 21.4. The third-order valence-corrected chi connectivity index (χ3v) is 2.50. The first-order chi connectivity index (χ1) is 6.16. The first-order valence-electron chi connectivity index (χ1n) is 4.38. The molecule has 13 heavy (non-hydrogen) atoms. The monoisotopic (exact) mass is 187 g/mol. The van der Waals surface area contributed by atoms with Gasteiger partial charge in [0, 0.05) is 11.3 Å². The van der Waals surface area contributed by atoms with Gasteiger partial charge in [-0.2, -0.15) is 0 Å². The van der Waals surface area contributed by atoms with Crippen molar-refractivity contribution in [3.8, 4) is 0 Å². The standard InChI is InChI=1S/C8H13NO4/c1-13-8(10)6-4-2-3-5-7(6)9(11)12/h6-7H,2-5H2,1H3. The smallest absolute Gasteiger partial charge is 0.315 e. The molecule has 0 spiro atoms. The van der Waals surface area contributed by atoms with Crippen molar-refractivity contribution < 1.29 is 14.5 Å². The molecule has 0 aromatic carbocycles. The second-order valence-electron chi connectivity index (χ2n) is 3.27. The van der Waals surface area contributed by atoms with Crippen LogP contribution >= 0.6 is 0 Å². The topological polar surface area (TPSA) is 69.4 Å². The number of hydrogen-bond acceptors (Lipinski definition) is 4. The van der Waals surface area contributed by atoms with Crippen LogP contribution in [0.4, 0.5) is 0 Å². The van der Waals surface area contributed by atoms with E-state index in [9.17, 15) is 14.9 Å². The molecule has 2 unspecified atom stereocenters. The Bertz CT molecular complexity index is 216. The van der Waals surface area contributed by atoms with E-state index in [1.807, 2.05) is 0 Å². The fraction of sp³-hybridized carbons (Fsp3) is 0.875. The largest absolute Gasteiger partial charge is 0.469 e. The summed E-state index contributed by atoms with van der Waals surface area (Å²) in [5.41, 5.74) is 0. The maximum absolute atomic E-state index is 11.2. The molecule has 1 aliphatic rings. The van der Waals surface area contributed by atoms with Crippen molar-refractivity contribution in [3.63, 3.8) is 0 Å². The minimum atomic E-state index is -0.735. The number of nitro groups is 1. The van der Waals surface area contributed by atoms with Gasteiger partial charge in [-0.1, -0.05) is 6.42 Å². The summed E-state index contributed by atoms with van der Waals surface area (Å²) in [5, 5.41) is 10.6. The van der Waals surface area contributed by atoms with E-state index < -0.39 is 17.9 Å². The van der Waals surface area contributed by atoms with Crippen LogP contribution in [-0.2, 0) is 9.53 Å². The molecule has 0 N–H and O–H groups in total. The van der Waals surface area contributed by atoms with Crippen molar-refractivity contribution in [2.24, 2.45) is 5.92 Å². The van der Waals surface area contributed by atoms with E-state index >= 15 is 0 Å². The van der Waals surface area contributed by atoms with E-state index in [1.165, 1.54) is 7.11 Å². The van der Waals surface area contributed by atoms with Crippen molar-refractivity contribution in [2.75, 3.05) is 7.11 Å². The molecule has 0 aromatic heterocycles. The molecule has 0 heterocycles. The van der Waals surface area contributed by atoms with Crippen LogP contribution in [-0.4, -0.2) is 24.0 Å². The first kappa shape index (κ1) is 9.95. The van der Waals surface area contributed by atoms with Gasteiger partial charge in [-0.15, -0.1) is 0 Å². The number of methoxy groups -OCH3 is 1. The number of carbonyl (C=O) groups is 1. The molecule has 0 bridgehead atoms. The van der Waals surface area contributed by atoms with E-state index in [0.29, 0.717) is 12.8 Å². The van der Waals surface area contributed by atoms with Gasteiger partial charge >= 0.3 is 5.97 Å². The van der Waals surface area contributed by atoms with Crippen LogP contribution in [0.15, 0.2) is 0 Å². The summed E-state index contributed by atoms with van der Waals surface area (Å²) in [5.74, 6) is -0.977. The highest BCUT2D eigenvalue weighted by atomic mass is 16.6. The molecule has 1 rings (SSSR count). The van der Waals surface area contributed by atoms with Gasteiger partial charge in [-0.25, -0.2) is 0 Å². The van der Waals surface area contributed by atoms with Crippen molar-refractivity contribution >= 4 is 5.97 Å². The van der Waals surface area contributed by atoms with Crippen LogP contribution in [0, 0.1) is 16.0 Å². The Morgan fingerprint density at radius 3 is 2.62 bits per heavy atom. The minimum Gasteiger partial charge on any atom is -0.469 e. The Morgan fingerprint density at radius 2 is 2.08 bits per heavy atom. The Kier molecular flexibility index (Phi) is 3.22. The third kappa shape index (κ3) is 2.17. The molecule has 2 atom stereocenters. The highest BCUT2D eigenvalue weighted by Crippen LogP contribution is 2.27. The van der Waals surface area contributed by atoms with Crippen LogP contribution in [0.2, 0.25) is 0 Å². The number of carbonyl (C=O) groups excluding carboxylic acids is 1. The molecule has 1 aliphatic carbocycles. The SMILES string of the molecule is COC(=O)C1CCCCC1[N+](=O)[O-]. The molecule has 1 fully saturated rings. The molecule has 0 radical (unpaired) electrons. The first-order valence-corrected chi connectivity index (χ1v) is 4.38. The van der Waals surface area contributed by atoms with Gasteiger partial charge in [0.25, 0.3) is 0 Å². The van der Waals surface area contributed by atoms with Gasteiger partial charge in [0.1, 0.15) is 5.92 Å². The highest BCUT2D eigenvalue weighted by Gasteiger charge is 2.39. The van der Waals surface area contributed by atoms with E-state index in [1.54, 1.807) is 0 Å². The zero-order valence-electron chi connectivity index (χ0n) is 7.56. The van der Waals surface area contributed by atoms with E-state index in [-0.39, 0.29) is 4.92 Å². The zero-order valence-corrected chi connectivity index (χ0v) is 7.56. The van der Waals surface area contributed by atoms with E-state index in [2.05, 4.69) is 4.74 Å². The summed E-state index contributed by atoms with van der Waals surface area (Å²) in [6.45, 7) is 0. The summed E-state index contributed by atoms with van der Waals surface area (Å²) in [6.07, 6.45) is 2.79. The molecule has 0 saturated heterocycles. The summed E-state index contributed by atoms with van der Waals surface area (Å²) in [6, 6.07) is -0.735. The van der Waals surface area contributed by atoms with Gasteiger partial charge < -0.3 is 4.74 Å². The van der Waals surface area contributed by atoms with E-state index in [4.69, 9.17) is 0 Å². The molecule has 0 aliphatic heterocycles. The molecular formula is C8H13NO4. The number of ether oxygens (including phenoxy) is 1. The van der Waals surface area contributed by atoms with Gasteiger partial charge in [0.2, 0.25) is 6.04 Å². The second-order valence-corrected chi connectivity index (χ2v) is 3.27. The molecule has 0 amide bonds. The van der Waals surface area contributed by atoms with Crippen molar-refractivity contribution in [3.05, 3.63) is 10.1 Å². The Balaban J connectivity index is 2.67. The summed E-state index contributed by atoms with van der Waals surface area (Å²) >= 11 is 0. The summed E-state index contributed by atoms with van der Waals surface area (Å²) in [7, 11) is 1.27. The number of esters is 1. The van der Waals surface area contributed by atoms with Gasteiger partial charge in [-0.3, -0.25) is 14.9 Å². The normalized spacial score (nSPS) is 28.1. The molecule has 0 aromatic rings. The van der Waals surface area contributed by atoms with Crippen LogP contribution in [0.1, 0.15) is 25.7 Å². The Morgan fingerprint density at radius 1 is 1.46 bits per heavy atom. The average Bonchev–Trinajstić information content (AvgIpc) is 2.16. The van der Waals surface area contributed by atoms with Crippen molar-refractivity contribution in [2.45, 2.75) is 31.7 Å². The number of hydrogen-bond donors (Lipinski definition) is 0. The number of nitrogens with zero attached hydrogens (tertiary/aromatic N) is 1. The highest BCUT2D eigenvalue weighted by molar-refractivity contribution is 5.73. The van der Waals surface area contributed by atoms with Crippen LogP contribution in [0.3, 0.4) is 0 Å². The lowest BCUT2D eigenvalue weighted by Gasteiger charge is -2.22. The molecular weight excluding hydrogens is 174 g/mol. The van der Waals surface area contributed by atoms with Crippen LogP contribution in [0.25, 0.3) is 0 Å². The van der Waals surface area contributed by atoms with Gasteiger partial charge in [-0.05, 0) is 12.8 Å².